The minimum absolute atomic E-state index is 0.0320. The molecule has 2 N–H and O–H groups in total. The van der Waals surface area contributed by atoms with Crippen molar-refractivity contribution in [2.45, 2.75) is 19.4 Å². The summed E-state index contributed by atoms with van der Waals surface area (Å²) in [5, 5.41) is 13.3. The number of carbonyl (C=O) groups is 1. The molecule has 0 aromatic heterocycles. The van der Waals surface area contributed by atoms with Gasteiger partial charge in [0.05, 0.1) is 24.4 Å². The minimum atomic E-state index is -1.58. The van der Waals surface area contributed by atoms with Crippen molar-refractivity contribution in [1.82, 2.24) is 0 Å². The summed E-state index contributed by atoms with van der Waals surface area (Å²) in [6.07, 6.45) is 0. The molecule has 1 aromatic carbocycles. The van der Waals surface area contributed by atoms with Gasteiger partial charge in [-0.25, -0.2) is 4.79 Å². The Balaban J connectivity index is 2.77. The van der Waals surface area contributed by atoms with Gasteiger partial charge in [0.1, 0.15) is 0 Å². The van der Waals surface area contributed by atoms with Crippen LogP contribution in [-0.4, -0.2) is 30.3 Å². The standard InChI is InChI=1S/C12H16ClNO3/c1-8-5-4-6-9(13)10(8)14-7-12(2,16)11(15)17-3/h4-6,14,16H,7H2,1-3H3. The molecule has 5 heteroatoms. The number of halogens is 1. The molecule has 0 amide bonds. The molecule has 1 unspecified atom stereocenters. The van der Waals surface area contributed by atoms with E-state index in [1.54, 1.807) is 6.07 Å². The van der Waals surface area contributed by atoms with Crippen LogP contribution in [0.25, 0.3) is 0 Å². The highest BCUT2D eigenvalue weighted by atomic mass is 35.5. The predicted molar refractivity (Wildman–Crippen MR) is 67.3 cm³/mol. The first kappa shape index (κ1) is 13.8. The first-order valence-corrected chi connectivity index (χ1v) is 5.56. The summed E-state index contributed by atoms with van der Waals surface area (Å²) in [7, 11) is 1.23. The molecule has 1 aromatic rings. The number of ether oxygens (including phenoxy) is 1. The van der Waals surface area contributed by atoms with E-state index in [1.807, 2.05) is 19.1 Å². The zero-order chi connectivity index (χ0) is 13.1. The first-order valence-electron chi connectivity index (χ1n) is 5.18. The van der Waals surface area contributed by atoms with Gasteiger partial charge in [0.15, 0.2) is 5.60 Å². The van der Waals surface area contributed by atoms with Gasteiger partial charge in [0, 0.05) is 0 Å². The molecule has 0 spiro atoms. The van der Waals surface area contributed by atoms with Crippen LogP contribution in [0, 0.1) is 6.92 Å². The second kappa shape index (κ2) is 5.38. The van der Waals surface area contributed by atoms with Crippen molar-refractivity contribution in [3.8, 4) is 0 Å². The summed E-state index contributed by atoms with van der Waals surface area (Å²) >= 11 is 6.01. The van der Waals surface area contributed by atoms with Crippen molar-refractivity contribution in [2.24, 2.45) is 0 Å². The molecule has 1 atom stereocenters. The second-order valence-corrected chi connectivity index (χ2v) is 4.46. The Morgan fingerprint density at radius 1 is 1.59 bits per heavy atom. The van der Waals surface area contributed by atoms with E-state index >= 15 is 0 Å². The fourth-order valence-electron chi connectivity index (χ4n) is 1.41. The van der Waals surface area contributed by atoms with Crippen LogP contribution >= 0.6 is 11.6 Å². The molecule has 0 saturated heterocycles. The van der Waals surface area contributed by atoms with E-state index in [0.29, 0.717) is 10.7 Å². The van der Waals surface area contributed by atoms with Gasteiger partial charge in [0.2, 0.25) is 0 Å². The number of nitrogens with one attached hydrogen (secondary N) is 1. The van der Waals surface area contributed by atoms with Gasteiger partial charge in [0.25, 0.3) is 0 Å². The topological polar surface area (TPSA) is 58.6 Å². The fraction of sp³-hybridized carbons (Fsp3) is 0.417. The van der Waals surface area contributed by atoms with Crippen molar-refractivity contribution in [3.63, 3.8) is 0 Å². The maximum atomic E-state index is 11.3. The van der Waals surface area contributed by atoms with E-state index in [9.17, 15) is 9.90 Å². The molecular weight excluding hydrogens is 242 g/mol. The van der Waals surface area contributed by atoms with Crippen LogP contribution in [0.4, 0.5) is 5.69 Å². The highest BCUT2D eigenvalue weighted by Crippen LogP contribution is 2.25. The van der Waals surface area contributed by atoms with Crippen LogP contribution in [0.5, 0.6) is 0 Å². The molecule has 0 heterocycles. The highest BCUT2D eigenvalue weighted by Gasteiger charge is 2.31. The molecule has 0 fully saturated rings. The summed E-state index contributed by atoms with van der Waals surface area (Å²) in [5.74, 6) is -0.685. The number of benzene rings is 1. The Kier molecular flexibility index (Phi) is 4.37. The Morgan fingerprint density at radius 3 is 2.76 bits per heavy atom. The van der Waals surface area contributed by atoms with E-state index in [2.05, 4.69) is 10.1 Å². The van der Waals surface area contributed by atoms with Crippen molar-refractivity contribution in [1.29, 1.82) is 0 Å². The lowest BCUT2D eigenvalue weighted by molar-refractivity contribution is -0.158. The SMILES string of the molecule is COC(=O)C(C)(O)CNc1c(C)cccc1Cl. The van der Waals surface area contributed by atoms with E-state index in [4.69, 9.17) is 11.6 Å². The zero-order valence-corrected chi connectivity index (χ0v) is 10.8. The number of methoxy groups -OCH3 is 1. The average Bonchev–Trinajstić information content (AvgIpc) is 2.27. The lowest BCUT2D eigenvalue weighted by atomic mass is 10.1. The highest BCUT2D eigenvalue weighted by molar-refractivity contribution is 6.33. The Hall–Kier alpha value is -1.26. The molecule has 4 nitrogen and oxygen atoms in total. The summed E-state index contributed by atoms with van der Waals surface area (Å²) in [6.45, 7) is 3.31. The fourth-order valence-corrected chi connectivity index (χ4v) is 1.70. The lowest BCUT2D eigenvalue weighted by Gasteiger charge is -2.22. The first-order chi connectivity index (χ1) is 7.88. The third-order valence-corrected chi connectivity index (χ3v) is 2.77. The molecule has 0 aliphatic heterocycles. The van der Waals surface area contributed by atoms with E-state index in [-0.39, 0.29) is 6.54 Å². The predicted octanol–water partition coefficient (Wildman–Crippen LogP) is 1.98. The Morgan fingerprint density at radius 2 is 2.24 bits per heavy atom. The summed E-state index contributed by atoms with van der Waals surface area (Å²) in [5.41, 5.74) is 0.0666. The molecule has 0 aliphatic rings. The number of hydrogen-bond donors (Lipinski definition) is 2. The number of hydrogen-bond acceptors (Lipinski definition) is 4. The number of aliphatic hydroxyl groups is 1. The number of esters is 1. The molecule has 17 heavy (non-hydrogen) atoms. The van der Waals surface area contributed by atoms with E-state index in [1.165, 1.54) is 14.0 Å². The third kappa shape index (κ3) is 3.35. The Labute approximate surface area is 106 Å². The van der Waals surface area contributed by atoms with Crippen molar-refractivity contribution >= 4 is 23.3 Å². The smallest absolute Gasteiger partial charge is 0.339 e. The maximum absolute atomic E-state index is 11.3. The summed E-state index contributed by atoms with van der Waals surface area (Å²) < 4.78 is 4.50. The molecule has 0 radical (unpaired) electrons. The van der Waals surface area contributed by atoms with Gasteiger partial charge in [-0.3, -0.25) is 0 Å². The normalized spacial score (nSPS) is 13.9. The van der Waals surface area contributed by atoms with E-state index in [0.717, 1.165) is 5.56 Å². The number of para-hydroxylation sites is 1. The largest absolute Gasteiger partial charge is 0.467 e. The van der Waals surface area contributed by atoms with Crippen molar-refractivity contribution < 1.29 is 14.6 Å². The monoisotopic (exact) mass is 257 g/mol. The summed E-state index contributed by atoms with van der Waals surface area (Å²) in [4.78, 5) is 11.3. The molecule has 0 saturated carbocycles. The Bertz CT molecular complexity index is 398. The molecule has 1 rings (SSSR count). The number of aryl methyl sites for hydroxylation is 1. The second-order valence-electron chi connectivity index (χ2n) is 4.05. The number of rotatable bonds is 4. The quantitative estimate of drug-likeness (QED) is 0.810. The van der Waals surface area contributed by atoms with Crippen LogP contribution in [0.3, 0.4) is 0 Å². The van der Waals surface area contributed by atoms with Gasteiger partial charge in [-0.15, -0.1) is 0 Å². The lowest BCUT2D eigenvalue weighted by Crippen LogP contribution is -2.42. The van der Waals surface area contributed by atoms with Crippen LogP contribution in [0.1, 0.15) is 12.5 Å². The van der Waals surface area contributed by atoms with Gasteiger partial charge in [-0.2, -0.15) is 0 Å². The molecule has 94 valence electrons. The van der Waals surface area contributed by atoms with Crippen LogP contribution in [0.15, 0.2) is 18.2 Å². The minimum Gasteiger partial charge on any atom is -0.467 e. The number of carbonyl (C=O) groups excluding carboxylic acids is 1. The van der Waals surface area contributed by atoms with Crippen LogP contribution in [0.2, 0.25) is 5.02 Å². The van der Waals surface area contributed by atoms with E-state index < -0.39 is 11.6 Å². The number of anilines is 1. The zero-order valence-electron chi connectivity index (χ0n) is 10.1. The van der Waals surface area contributed by atoms with Crippen molar-refractivity contribution in [3.05, 3.63) is 28.8 Å². The van der Waals surface area contributed by atoms with Crippen molar-refractivity contribution in [2.75, 3.05) is 19.0 Å². The van der Waals surface area contributed by atoms with Gasteiger partial charge >= 0.3 is 5.97 Å². The van der Waals surface area contributed by atoms with Crippen LogP contribution in [-0.2, 0) is 9.53 Å². The molecule has 0 aliphatic carbocycles. The molecule has 0 bridgehead atoms. The third-order valence-electron chi connectivity index (χ3n) is 2.46. The van der Waals surface area contributed by atoms with Gasteiger partial charge < -0.3 is 15.2 Å². The maximum Gasteiger partial charge on any atom is 0.339 e. The van der Waals surface area contributed by atoms with Gasteiger partial charge in [-0.05, 0) is 25.5 Å². The molecular formula is C12H16ClNO3. The summed E-state index contributed by atoms with van der Waals surface area (Å²) in [6, 6.07) is 5.46. The van der Waals surface area contributed by atoms with Crippen LogP contribution < -0.4 is 5.32 Å². The average molecular weight is 258 g/mol. The van der Waals surface area contributed by atoms with Gasteiger partial charge in [-0.1, -0.05) is 23.7 Å².